The highest BCUT2D eigenvalue weighted by atomic mass is 32.1. The van der Waals surface area contributed by atoms with Crippen molar-refractivity contribution in [1.82, 2.24) is 15.2 Å². The van der Waals surface area contributed by atoms with E-state index in [-0.39, 0.29) is 23.2 Å². The van der Waals surface area contributed by atoms with E-state index in [0.29, 0.717) is 16.3 Å². The van der Waals surface area contributed by atoms with Crippen LogP contribution in [-0.2, 0) is 0 Å². The summed E-state index contributed by atoms with van der Waals surface area (Å²) in [5, 5.41) is 34.3. The number of nitro groups is 2. The van der Waals surface area contributed by atoms with Crippen LogP contribution in [0.25, 0.3) is 21.7 Å². The number of nitro benzene ring substituents is 2. The van der Waals surface area contributed by atoms with Gasteiger partial charge in [0.15, 0.2) is 5.13 Å². The standard InChI is InChI=1S/C22H14N6O5S/c29-27(30)15-10-8-13(9-11-15)20-25-26-21(33-20)19(14-4-3-5-16(12-14)28(31)32)24-22-23-17-6-1-2-7-18(17)34-22/h1-12,19H,(H,23,24). The molecule has 0 fully saturated rings. The molecular weight excluding hydrogens is 460 g/mol. The Balaban J connectivity index is 1.53. The van der Waals surface area contributed by atoms with Gasteiger partial charge in [0, 0.05) is 29.8 Å². The lowest BCUT2D eigenvalue weighted by Crippen LogP contribution is -2.13. The largest absolute Gasteiger partial charge is 0.418 e. The minimum absolute atomic E-state index is 0.0598. The summed E-state index contributed by atoms with van der Waals surface area (Å²) in [4.78, 5) is 25.8. The van der Waals surface area contributed by atoms with Crippen LogP contribution >= 0.6 is 11.3 Å². The number of non-ortho nitro benzene ring substituents is 2. The first-order valence-electron chi connectivity index (χ1n) is 9.92. The van der Waals surface area contributed by atoms with Crippen molar-refractivity contribution in [3.05, 3.63) is 104 Å². The van der Waals surface area contributed by atoms with E-state index in [9.17, 15) is 20.2 Å². The number of benzene rings is 3. The molecule has 0 amide bonds. The number of nitrogens with zero attached hydrogens (tertiary/aromatic N) is 5. The van der Waals surface area contributed by atoms with Crippen molar-refractivity contribution in [2.75, 3.05) is 5.32 Å². The number of rotatable bonds is 7. The monoisotopic (exact) mass is 474 g/mol. The minimum Gasteiger partial charge on any atom is -0.418 e. The van der Waals surface area contributed by atoms with E-state index < -0.39 is 15.9 Å². The molecule has 1 atom stereocenters. The number of thiazole rings is 1. The van der Waals surface area contributed by atoms with Gasteiger partial charge in [-0.15, -0.1) is 10.2 Å². The van der Waals surface area contributed by atoms with E-state index in [1.165, 1.54) is 47.7 Å². The summed E-state index contributed by atoms with van der Waals surface area (Å²) in [6.45, 7) is 0. The zero-order chi connectivity index (χ0) is 23.7. The van der Waals surface area contributed by atoms with Gasteiger partial charge < -0.3 is 9.73 Å². The van der Waals surface area contributed by atoms with E-state index in [4.69, 9.17) is 4.42 Å². The van der Waals surface area contributed by atoms with Crippen molar-refractivity contribution in [1.29, 1.82) is 0 Å². The van der Waals surface area contributed by atoms with Gasteiger partial charge in [-0.1, -0.05) is 35.6 Å². The highest BCUT2D eigenvalue weighted by Gasteiger charge is 2.25. The third kappa shape index (κ3) is 4.17. The number of hydrogen-bond acceptors (Lipinski definition) is 10. The van der Waals surface area contributed by atoms with Crippen LogP contribution in [0.1, 0.15) is 17.5 Å². The van der Waals surface area contributed by atoms with E-state index in [1.807, 2.05) is 24.3 Å². The van der Waals surface area contributed by atoms with Crippen LogP contribution in [0.3, 0.4) is 0 Å². The maximum atomic E-state index is 11.3. The molecule has 0 saturated heterocycles. The second-order valence-electron chi connectivity index (χ2n) is 7.17. The lowest BCUT2D eigenvalue weighted by molar-refractivity contribution is -0.385. The fourth-order valence-corrected chi connectivity index (χ4v) is 4.25. The molecule has 168 valence electrons. The normalized spacial score (nSPS) is 11.9. The lowest BCUT2D eigenvalue weighted by Gasteiger charge is -2.14. The number of fused-ring (bicyclic) bond motifs is 1. The predicted octanol–water partition coefficient (Wildman–Crippen LogP) is 5.36. The molecule has 0 radical (unpaired) electrons. The molecule has 1 unspecified atom stereocenters. The average molecular weight is 474 g/mol. The number of anilines is 1. The van der Waals surface area contributed by atoms with Gasteiger partial charge in [-0.25, -0.2) is 4.98 Å². The molecule has 0 spiro atoms. The first kappa shape index (κ1) is 21.2. The smallest absolute Gasteiger partial charge is 0.269 e. The molecule has 0 aliphatic rings. The van der Waals surface area contributed by atoms with Gasteiger partial charge in [-0.05, 0) is 29.8 Å². The molecule has 3 aromatic carbocycles. The Morgan fingerprint density at radius 3 is 2.38 bits per heavy atom. The molecule has 5 aromatic rings. The van der Waals surface area contributed by atoms with E-state index in [0.717, 1.165) is 10.2 Å². The zero-order valence-electron chi connectivity index (χ0n) is 17.2. The van der Waals surface area contributed by atoms with Crippen LogP contribution in [0, 0.1) is 20.2 Å². The third-order valence-corrected chi connectivity index (χ3v) is 5.96. The Labute approximate surface area is 195 Å². The Hall–Kier alpha value is -4.71. The van der Waals surface area contributed by atoms with E-state index in [2.05, 4.69) is 20.5 Å². The molecule has 0 aliphatic heterocycles. The maximum absolute atomic E-state index is 11.3. The fourth-order valence-electron chi connectivity index (χ4n) is 3.36. The third-order valence-electron chi connectivity index (χ3n) is 4.99. The van der Waals surface area contributed by atoms with Crippen molar-refractivity contribution >= 4 is 38.1 Å². The highest BCUT2D eigenvalue weighted by Crippen LogP contribution is 2.33. The summed E-state index contributed by atoms with van der Waals surface area (Å²) in [5.41, 5.74) is 1.71. The van der Waals surface area contributed by atoms with Crippen LogP contribution in [0.4, 0.5) is 16.5 Å². The molecule has 0 saturated carbocycles. The number of hydrogen-bond donors (Lipinski definition) is 1. The first-order valence-corrected chi connectivity index (χ1v) is 10.7. The summed E-state index contributed by atoms with van der Waals surface area (Å²) in [7, 11) is 0. The number of aromatic nitrogens is 3. The minimum atomic E-state index is -0.722. The number of para-hydroxylation sites is 1. The second-order valence-corrected chi connectivity index (χ2v) is 8.20. The van der Waals surface area contributed by atoms with Gasteiger partial charge in [0.25, 0.3) is 11.4 Å². The van der Waals surface area contributed by atoms with E-state index >= 15 is 0 Å². The predicted molar refractivity (Wildman–Crippen MR) is 125 cm³/mol. The first-order chi connectivity index (χ1) is 16.5. The van der Waals surface area contributed by atoms with Crippen LogP contribution in [0.2, 0.25) is 0 Å². The molecule has 1 N–H and O–H groups in total. The molecule has 12 heteroatoms. The fraction of sp³-hybridized carbons (Fsp3) is 0.0455. The van der Waals surface area contributed by atoms with Crippen molar-refractivity contribution in [2.24, 2.45) is 0 Å². The molecule has 2 heterocycles. The lowest BCUT2D eigenvalue weighted by atomic mass is 10.1. The van der Waals surface area contributed by atoms with Crippen LogP contribution in [0.5, 0.6) is 0 Å². The van der Waals surface area contributed by atoms with Crippen LogP contribution in [0.15, 0.2) is 77.2 Å². The van der Waals surface area contributed by atoms with Crippen molar-refractivity contribution in [3.8, 4) is 11.5 Å². The Morgan fingerprint density at radius 2 is 1.65 bits per heavy atom. The Bertz CT molecular complexity index is 1480. The van der Waals surface area contributed by atoms with Crippen molar-refractivity contribution < 1.29 is 14.3 Å². The topological polar surface area (TPSA) is 150 Å². The van der Waals surface area contributed by atoms with Gasteiger partial charge in [0.1, 0.15) is 6.04 Å². The summed E-state index contributed by atoms with van der Waals surface area (Å²) >= 11 is 1.42. The quantitative estimate of drug-likeness (QED) is 0.243. The summed E-state index contributed by atoms with van der Waals surface area (Å²) in [6, 6.07) is 18.7. The second kappa shape index (κ2) is 8.67. The van der Waals surface area contributed by atoms with Gasteiger partial charge in [-0.2, -0.15) is 0 Å². The van der Waals surface area contributed by atoms with Gasteiger partial charge >= 0.3 is 0 Å². The van der Waals surface area contributed by atoms with Crippen molar-refractivity contribution in [2.45, 2.75) is 6.04 Å². The number of nitrogens with one attached hydrogen (secondary N) is 1. The molecule has 0 aliphatic carbocycles. The molecule has 2 aromatic heterocycles. The molecule has 11 nitrogen and oxygen atoms in total. The summed E-state index contributed by atoms with van der Waals surface area (Å²) in [6.07, 6.45) is 0. The SMILES string of the molecule is O=[N+]([O-])c1ccc(-c2nnc(C(Nc3nc4ccccc4s3)c3cccc([N+](=O)[O-])c3)o2)cc1. The van der Waals surface area contributed by atoms with Gasteiger partial charge in [0.05, 0.1) is 20.1 Å². The Morgan fingerprint density at radius 1 is 0.882 bits per heavy atom. The Kier molecular flexibility index (Phi) is 5.40. The van der Waals surface area contributed by atoms with Gasteiger partial charge in [0.2, 0.25) is 11.8 Å². The summed E-state index contributed by atoms with van der Waals surface area (Å²) < 4.78 is 6.86. The van der Waals surface area contributed by atoms with Crippen molar-refractivity contribution in [3.63, 3.8) is 0 Å². The highest BCUT2D eigenvalue weighted by molar-refractivity contribution is 7.22. The molecule has 0 bridgehead atoms. The average Bonchev–Trinajstić information content (AvgIpc) is 3.49. The zero-order valence-corrected chi connectivity index (χ0v) is 18.0. The van der Waals surface area contributed by atoms with E-state index in [1.54, 1.807) is 12.1 Å². The van der Waals surface area contributed by atoms with Crippen LogP contribution in [-0.4, -0.2) is 25.0 Å². The molecule has 34 heavy (non-hydrogen) atoms. The molecular formula is C22H14N6O5S. The van der Waals surface area contributed by atoms with Crippen LogP contribution < -0.4 is 5.32 Å². The molecule has 5 rings (SSSR count). The van der Waals surface area contributed by atoms with Gasteiger partial charge in [-0.3, -0.25) is 20.2 Å². The maximum Gasteiger partial charge on any atom is 0.269 e. The summed E-state index contributed by atoms with van der Waals surface area (Å²) in [5.74, 6) is 0.319.